The first kappa shape index (κ1) is 25.7. The molecule has 5 aromatic rings. The van der Waals surface area contributed by atoms with E-state index in [-0.39, 0.29) is 10.8 Å². The summed E-state index contributed by atoms with van der Waals surface area (Å²) in [6.07, 6.45) is 0. The van der Waals surface area contributed by atoms with Crippen LogP contribution in [0.4, 0.5) is 11.4 Å². The lowest BCUT2D eigenvalue weighted by atomic mass is 10.0. The molecule has 4 aromatic carbocycles. The van der Waals surface area contributed by atoms with E-state index in [1.54, 1.807) is 49.6 Å². The number of methoxy groups -OCH3 is 2. The first-order valence-electron chi connectivity index (χ1n) is 12.0. The lowest BCUT2D eigenvalue weighted by Gasteiger charge is -2.13. The normalized spacial score (nSPS) is 11.1. The van der Waals surface area contributed by atoms with Crippen LogP contribution in [-0.2, 0) is 10.0 Å². The predicted molar refractivity (Wildman–Crippen MR) is 152 cm³/mol. The molecule has 8 nitrogen and oxygen atoms in total. The first-order valence-corrected chi connectivity index (χ1v) is 13.5. The van der Waals surface area contributed by atoms with Gasteiger partial charge in [0.2, 0.25) is 0 Å². The van der Waals surface area contributed by atoms with Crippen LogP contribution < -0.4 is 19.5 Å². The molecular formula is C30H25N3O5S. The maximum Gasteiger partial charge on any atom is 0.261 e. The quantitative estimate of drug-likeness (QED) is 0.252. The summed E-state index contributed by atoms with van der Waals surface area (Å²) < 4.78 is 38.9. The molecule has 39 heavy (non-hydrogen) atoms. The van der Waals surface area contributed by atoms with Crippen molar-refractivity contribution in [1.82, 2.24) is 4.98 Å². The Kier molecular flexibility index (Phi) is 7.16. The molecule has 0 saturated heterocycles. The van der Waals surface area contributed by atoms with Gasteiger partial charge >= 0.3 is 0 Å². The van der Waals surface area contributed by atoms with Gasteiger partial charge in [-0.25, -0.2) is 13.4 Å². The van der Waals surface area contributed by atoms with E-state index in [0.29, 0.717) is 45.0 Å². The van der Waals surface area contributed by atoms with Crippen LogP contribution in [0, 0.1) is 0 Å². The molecule has 0 fully saturated rings. The van der Waals surface area contributed by atoms with E-state index in [2.05, 4.69) is 10.0 Å². The number of hydrogen-bond acceptors (Lipinski definition) is 6. The van der Waals surface area contributed by atoms with E-state index in [0.717, 1.165) is 5.56 Å². The number of para-hydroxylation sites is 1. The van der Waals surface area contributed by atoms with Crippen LogP contribution in [0.3, 0.4) is 0 Å². The summed E-state index contributed by atoms with van der Waals surface area (Å²) in [4.78, 5) is 18.2. The Bertz CT molecular complexity index is 1750. The number of anilines is 2. The summed E-state index contributed by atoms with van der Waals surface area (Å²) in [5.74, 6) is 0.941. The van der Waals surface area contributed by atoms with Crippen LogP contribution in [-0.4, -0.2) is 33.5 Å². The van der Waals surface area contributed by atoms with Gasteiger partial charge in [0.15, 0.2) is 0 Å². The van der Waals surface area contributed by atoms with Crippen molar-refractivity contribution in [3.63, 3.8) is 0 Å². The number of carbonyl (C=O) groups is 1. The molecule has 1 amide bonds. The van der Waals surface area contributed by atoms with Gasteiger partial charge in [0.1, 0.15) is 11.5 Å². The van der Waals surface area contributed by atoms with E-state index in [4.69, 9.17) is 14.5 Å². The molecule has 9 heteroatoms. The molecule has 0 radical (unpaired) electrons. The van der Waals surface area contributed by atoms with Crippen LogP contribution >= 0.6 is 0 Å². The average Bonchev–Trinajstić information content (AvgIpc) is 2.97. The Morgan fingerprint density at radius 1 is 0.744 bits per heavy atom. The molecule has 0 unspecified atom stereocenters. The molecule has 0 spiro atoms. The summed E-state index contributed by atoms with van der Waals surface area (Å²) >= 11 is 0. The molecule has 1 heterocycles. The Hall–Kier alpha value is -4.89. The molecule has 0 bridgehead atoms. The number of amides is 1. The number of fused-ring (bicyclic) bond motifs is 1. The van der Waals surface area contributed by atoms with Crippen LogP contribution in [0.5, 0.6) is 11.5 Å². The fraction of sp³-hybridized carbons (Fsp3) is 0.0667. The number of sulfonamides is 1. The predicted octanol–water partition coefficient (Wildman–Crippen LogP) is 5.97. The number of rotatable bonds is 8. The summed E-state index contributed by atoms with van der Waals surface area (Å²) in [6, 6.07) is 29.1. The summed E-state index contributed by atoms with van der Waals surface area (Å²) in [5, 5.41) is 3.52. The second-order valence-corrected chi connectivity index (χ2v) is 10.3. The smallest absolute Gasteiger partial charge is 0.261 e. The van der Waals surface area contributed by atoms with E-state index in [1.807, 2.05) is 48.5 Å². The minimum absolute atomic E-state index is 0.00891. The highest BCUT2D eigenvalue weighted by Gasteiger charge is 2.18. The Morgan fingerprint density at radius 2 is 1.41 bits per heavy atom. The van der Waals surface area contributed by atoms with Crippen molar-refractivity contribution in [3.8, 4) is 22.8 Å². The van der Waals surface area contributed by atoms with Gasteiger partial charge < -0.3 is 14.8 Å². The summed E-state index contributed by atoms with van der Waals surface area (Å²) in [5.41, 5.74) is 3.26. The summed E-state index contributed by atoms with van der Waals surface area (Å²) in [6.45, 7) is 0. The van der Waals surface area contributed by atoms with Gasteiger partial charge in [-0.2, -0.15) is 0 Å². The topological polar surface area (TPSA) is 107 Å². The Balaban J connectivity index is 1.43. The maximum absolute atomic E-state index is 13.5. The van der Waals surface area contributed by atoms with Crippen molar-refractivity contribution in [3.05, 3.63) is 109 Å². The van der Waals surface area contributed by atoms with E-state index < -0.39 is 10.0 Å². The molecule has 0 saturated carbocycles. The van der Waals surface area contributed by atoms with Gasteiger partial charge in [0, 0.05) is 22.3 Å². The van der Waals surface area contributed by atoms with Crippen molar-refractivity contribution in [2.45, 2.75) is 4.90 Å². The van der Waals surface area contributed by atoms with Crippen LogP contribution in [0.2, 0.25) is 0 Å². The Morgan fingerprint density at radius 3 is 2.10 bits per heavy atom. The van der Waals surface area contributed by atoms with E-state index in [9.17, 15) is 13.2 Å². The second kappa shape index (κ2) is 10.8. The van der Waals surface area contributed by atoms with Crippen molar-refractivity contribution >= 4 is 38.2 Å². The van der Waals surface area contributed by atoms with Gasteiger partial charge in [-0.15, -0.1) is 0 Å². The third kappa shape index (κ3) is 5.68. The molecule has 5 rings (SSSR count). The third-order valence-electron chi connectivity index (χ3n) is 6.09. The molecule has 0 aliphatic carbocycles. The van der Waals surface area contributed by atoms with E-state index in [1.165, 1.54) is 19.2 Å². The molecule has 0 aliphatic heterocycles. The monoisotopic (exact) mass is 539 g/mol. The Labute approximate surface area is 226 Å². The fourth-order valence-corrected chi connectivity index (χ4v) is 5.19. The number of nitrogens with one attached hydrogen (secondary N) is 2. The van der Waals surface area contributed by atoms with Gasteiger partial charge in [-0.1, -0.05) is 24.3 Å². The number of nitrogens with zero attached hydrogens (tertiary/aromatic N) is 1. The molecule has 0 aliphatic rings. The molecule has 1 aromatic heterocycles. The number of ether oxygens (including phenoxy) is 2. The maximum atomic E-state index is 13.5. The number of hydrogen-bond donors (Lipinski definition) is 2. The average molecular weight is 540 g/mol. The molecule has 0 atom stereocenters. The van der Waals surface area contributed by atoms with Gasteiger partial charge in [0.05, 0.1) is 35.9 Å². The number of pyridine rings is 1. The largest absolute Gasteiger partial charge is 0.497 e. The lowest BCUT2D eigenvalue weighted by molar-refractivity contribution is 0.102. The van der Waals surface area contributed by atoms with Crippen molar-refractivity contribution in [1.29, 1.82) is 0 Å². The molecular weight excluding hydrogens is 514 g/mol. The molecule has 2 N–H and O–H groups in total. The van der Waals surface area contributed by atoms with Gasteiger partial charge in [0.25, 0.3) is 15.9 Å². The minimum Gasteiger partial charge on any atom is -0.497 e. The number of aromatic nitrogens is 1. The highest BCUT2D eigenvalue weighted by Crippen LogP contribution is 2.28. The fourth-order valence-electron chi connectivity index (χ4n) is 4.09. The minimum atomic E-state index is -3.90. The highest BCUT2D eigenvalue weighted by molar-refractivity contribution is 7.92. The van der Waals surface area contributed by atoms with Crippen molar-refractivity contribution in [2.75, 3.05) is 24.3 Å². The van der Waals surface area contributed by atoms with Crippen molar-refractivity contribution < 1.29 is 22.7 Å². The molecule has 196 valence electrons. The third-order valence-corrected chi connectivity index (χ3v) is 7.47. The van der Waals surface area contributed by atoms with Gasteiger partial charge in [-0.05, 0) is 78.9 Å². The first-order chi connectivity index (χ1) is 18.9. The number of carbonyl (C=O) groups excluding carboxylic acids is 1. The van der Waals surface area contributed by atoms with Crippen LogP contribution in [0.15, 0.2) is 108 Å². The zero-order valence-corrected chi connectivity index (χ0v) is 22.0. The van der Waals surface area contributed by atoms with Crippen molar-refractivity contribution in [2.24, 2.45) is 0 Å². The SMILES string of the molecule is COc1ccc(NS(=O)(=O)c2cccc(NC(=O)c3cc(-c4ccc(OC)cc4)nc4ccccc34)c2)cc1. The second-order valence-electron chi connectivity index (χ2n) is 8.62. The number of benzene rings is 4. The zero-order chi connectivity index (χ0) is 27.4. The standard InChI is InChI=1S/C30H25N3O5S/c1-37-23-14-10-20(11-15-23)29-19-27(26-8-3-4-9-28(26)32-29)30(34)31-22-6-5-7-25(18-22)39(35,36)33-21-12-16-24(38-2)17-13-21/h3-19,33H,1-2H3,(H,31,34). The van der Waals surface area contributed by atoms with Crippen LogP contribution in [0.25, 0.3) is 22.2 Å². The van der Waals surface area contributed by atoms with E-state index >= 15 is 0 Å². The van der Waals surface area contributed by atoms with Gasteiger partial charge in [-0.3, -0.25) is 9.52 Å². The van der Waals surface area contributed by atoms with Crippen LogP contribution in [0.1, 0.15) is 10.4 Å². The zero-order valence-electron chi connectivity index (χ0n) is 21.2. The summed E-state index contributed by atoms with van der Waals surface area (Å²) in [7, 11) is -0.768. The lowest BCUT2D eigenvalue weighted by Crippen LogP contribution is -2.15. The highest BCUT2D eigenvalue weighted by atomic mass is 32.2.